The fourth-order valence-electron chi connectivity index (χ4n) is 2.00. The quantitative estimate of drug-likeness (QED) is 0.633. The lowest BCUT2D eigenvalue weighted by Gasteiger charge is -2.24. The first-order valence-corrected chi connectivity index (χ1v) is 6.42. The predicted octanol–water partition coefficient (Wildman–Crippen LogP) is 4.24. The summed E-state index contributed by atoms with van der Waals surface area (Å²) in [4.78, 5) is 0. The largest absolute Gasteiger partial charge is 0.155 e. The third-order valence-electron chi connectivity index (χ3n) is 2.67. The smallest absolute Gasteiger partial charge is 0.00497 e. The monoisotopic (exact) mass is 186 g/mol. The molecule has 1 aliphatic carbocycles. The summed E-state index contributed by atoms with van der Waals surface area (Å²) in [7, 11) is 0. The molecule has 0 aromatic heterocycles. The molecule has 1 fully saturated rings. The fraction of sp³-hybridized carbons (Fsp3) is 1.00. The summed E-state index contributed by atoms with van der Waals surface area (Å²) in [5.41, 5.74) is 0. The first kappa shape index (κ1) is 10.4. The van der Waals surface area contributed by atoms with Gasteiger partial charge >= 0.3 is 0 Å². The highest BCUT2D eigenvalue weighted by Gasteiger charge is 2.15. The van der Waals surface area contributed by atoms with Crippen LogP contribution in [0, 0.1) is 0 Å². The highest BCUT2D eigenvalue weighted by Crippen LogP contribution is 2.32. The molecule has 0 nitrogen and oxygen atoms in total. The first-order valence-electron chi connectivity index (χ1n) is 5.48. The predicted molar refractivity (Wildman–Crippen MR) is 58.8 cm³/mol. The topological polar surface area (TPSA) is 0 Å². The minimum Gasteiger partial charge on any atom is -0.155 e. The van der Waals surface area contributed by atoms with Gasteiger partial charge in [-0.05, 0) is 19.3 Å². The van der Waals surface area contributed by atoms with Gasteiger partial charge in [0.1, 0.15) is 0 Å². The van der Waals surface area contributed by atoms with Crippen LogP contribution >= 0.6 is 11.8 Å². The molecule has 0 saturated heterocycles. The minimum absolute atomic E-state index is 0.901. The Kier molecular flexibility index (Phi) is 5.13. The molecule has 1 aliphatic rings. The van der Waals surface area contributed by atoms with Gasteiger partial charge in [-0.25, -0.2) is 0 Å². The molecule has 1 atom stereocenters. The minimum atomic E-state index is 0.901. The molecule has 0 aromatic carbocycles. The van der Waals surface area contributed by atoms with Crippen molar-refractivity contribution in [1.82, 2.24) is 0 Å². The first-order chi connectivity index (χ1) is 5.83. The van der Waals surface area contributed by atoms with Crippen molar-refractivity contribution in [1.29, 1.82) is 0 Å². The van der Waals surface area contributed by atoms with Crippen LogP contribution in [-0.4, -0.2) is 10.5 Å². The van der Waals surface area contributed by atoms with Crippen LogP contribution in [0.5, 0.6) is 0 Å². The molecule has 0 radical (unpaired) electrons. The van der Waals surface area contributed by atoms with Crippen LogP contribution in [0.15, 0.2) is 0 Å². The van der Waals surface area contributed by atoms with E-state index in [0.717, 1.165) is 10.5 Å². The van der Waals surface area contributed by atoms with Crippen LogP contribution < -0.4 is 0 Å². The van der Waals surface area contributed by atoms with Crippen molar-refractivity contribution in [3.8, 4) is 0 Å². The molecular weight excluding hydrogens is 164 g/mol. The Bertz CT molecular complexity index is 106. The average molecular weight is 186 g/mol. The van der Waals surface area contributed by atoms with Crippen molar-refractivity contribution >= 4 is 11.8 Å². The zero-order chi connectivity index (χ0) is 8.81. The summed E-state index contributed by atoms with van der Waals surface area (Å²) in [5, 5.41) is 1.90. The number of rotatable bonds is 4. The molecule has 72 valence electrons. The van der Waals surface area contributed by atoms with E-state index in [2.05, 4.69) is 25.6 Å². The lowest BCUT2D eigenvalue weighted by molar-refractivity contribution is 0.514. The number of hydrogen-bond acceptors (Lipinski definition) is 1. The van der Waals surface area contributed by atoms with Crippen molar-refractivity contribution in [2.45, 2.75) is 69.3 Å². The average Bonchev–Trinajstić information content (AvgIpc) is 2.06. The molecule has 1 saturated carbocycles. The van der Waals surface area contributed by atoms with Crippen LogP contribution in [0.3, 0.4) is 0 Å². The Balaban J connectivity index is 2.11. The van der Waals surface area contributed by atoms with E-state index in [1.165, 1.54) is 44.9 Å². The van der Waals surface area contributed by atoms with Crippen LogP contribution in [0.2, 0.25) is 0 Å². The van der Waals surface area contributed by atoms with E-state index >= 15 is 0 Å². The maximum Gasteiger partial charge on any atom is 0.00497 e. The Morgan fingerprint density at radius 1 is 1.25 bits per heavy atom. The lowest BCUT2D eigenvalue weighted by Crippen LogP contribution is -2.12. The van der Waals surface area contributed by atoms with E-state index in [9.17, 15) is 0 Å². The normalized spacial score (nSPS) is 22.5. The van der Waals surface area contributed by atoms with Gasteiger partial charge in [-0.1, -0.05) is 39.5 Å². The van der Waals surface area contributed by atoms with E-state index in [1.54, 1.807) is 0 Å². The highest BCUT2D eigenvalue weighted by atomic mass is 32.2. The Morgan fingerprint density at radius 2 is 1.92 bits per heavy atom. The standard InChI is InChI=1S/C11H22S/c1-3-7-10(2)12-11-8-5-4-6-9-11/h10-11H,3-9H2,1-2H3. The van der Waals surface area contributed by atoms with Crippen molar-refractivity contribution < 1.29 is 0 Å². The third kappa shape index (κ3) is 3.84. The van der Waals surface area contributed by atoms with E-state index in [1.807, 2.05) is 0 Å². The van der Waals surface area contributed by atoms with Gasteiger partial charge in [0.05, 0.1) is 0 Å². The van der Waals surface area contributed by atoms with Gasteiger partial charge in [0.15, 0.2) is 0 Å². The summed E-state index contributed by atoms with van der Waals surface area (Å²) >= 11 is 2.25. The van der Waals surface area contributed by atoms with Crippen LogP contribution in [0.1, 0.15) is 58.8 Å². The van der Waals surface area contributed by atoms with E-state index < -0.39 is 0 Å². The maximum atomic E-state index is 2.39. The molecule has 0 spiro atoms. The molecule has 0 aliphatic heterocycles. The summed E-state index contributed by atoms with van der Waals surface area (Å²) in [6, 6.07) is 0. The van der Waals surface area contributed by atoms with E-state index in [-0.39, 0.29) is 0 Å². The second-order valence-electron chi connectivity index (χ2n) is 4.00. The Labute approximate surface area is 81.5 Å². The molecule has 1 unspecified atom stereocenters. The van der Waals surface area contributed by atoms with Gasteiger partial charge < -0.3 is 0 Å². The van der Waals surface area contributed by atoms with Gasteiger partial charge in [0, 0.05) is 10.5 Å². The second kappa shape index (κ2) is 5.90. The lowest BCUT2D eigenvalue weighted by atomic mass is 10.0. The zero-order valence-corrected chi connectivity index (χ0v) is 9.33. The van der Waals surface area contributed by atoms with Gasteiger partial charge in [0.2, 0.25) is 0 Å². The van der Waals surface area contributed by atoms with Gasteiger partial charge in [-0.3, -0.25) is 0 Å². The van der Waals surface area contributed by atoms with E-state index in [4.69, 9.17) is 0 Å². The van der Waals surface area contributed by atoms with Crippen LogP contribution in [0.4, 0.5) is 0 Å². The molecular formula is C11H22S. The fourth-order valence-corrected chi connectivity index (χ4v) is 3.64. The van der Waals surface area contributed by atoms with Crippen LogP contribution in [0.25, 0.3) is 0 Å². The van der Waals surface area contributed by atoms with Gasteiger partial charge in [-0.2, -0.15) is 11.8 Å². The number of hydrogen-bond donors (Lipinski definition) is 0. The molecule has 1 rings (SSSR count). The van der Waals surface area contributed by atoms with Gasteiger partial charge in [0.25, 0.3) is 0 Å². The molecule has 0 N–H and O–H groups in total. The molecule has 0 bridgehead atoms. The summed E-state index contributed by atoms with van der Waals surface area (Å²) < 4.78 is 0. The molecule has 0 aromatic rings. The van der Waals surface area contributed by atoms with E-state index in [0.29, 0.717) is 0 Å². The Morgan fingerprint density at radius 3 is 2.50 bits per heavy atom. The van der Waals surface area contributed by atoms with Crippen LogP contribution in [-0.2, 0) is 0 Å². The SMILES string of the molecule is CCCC(C)SC1CCCCC1. The molecule has 1 heteroatoms. The third-order valence-corrected chi connectivity index (χ3v) is 4.23. The summed E-state index contributed by atoms with van der Waals surface area (Å²) in [5.74, 6) is 0. The van der Waals surface area contributed by atoms with Crippen molar-refractivity contribution in [3.63, 3.8) is 0 Å². The summed E-state index contributed by atoms with van der Waals surface area (Å²) in [6.07, 6.45) is 10.2. The summed E-state index contributed by atoms with van der Waals surface area (Å²) in [6.45, 7) is 4.68. The maximum absolute atomic E-state index is 2.39. The molecule has 0 heterocycles. The van der Waals surface area contributed by atoms with Crippen molar-refractivity contribution in [2.75, 3.05) is 0 Å². The van der Waals surface area contributed by atoms with Crippen molar-refractivity contribution in [3.05, 3.63) is 0 Å². The second-order valence-corrected chi connectivity index (χ2v) is 5.74. The Hall–Kier alpha value is 0.350. The number of thioether (sulfide) groups is 1. The van der Waals surface area contributed by atoms with Crippen molar-refractivity contribution in [2.24, 2.45) is 0 Å². The zero-order valence-electron chi connectivity index (χ0n) is 8.51. The molecule has 0 amide bonds. The van der Waals surface area contributed by atoms with Gasteiger partial charge in [-0.15, -0.1) is 0 Å². The molecule has 12 heavy (non-hydrogen) atoms. The highest BCUT2D eigenvalue weighted by molar-refractivity contribution is 8.00.